The minimum absolute atomic E-state index is 0.599. The first-order chi connectivity index (χ1) is 7.90. The number of aliphatic imine (C=N–C) groups is 1. The van der Waals surface area contributed by atoms with Crippen LogP contribution in [0.5, 0.6) is 0 Å². The van der Waals surface area contributed by atoms with Gasteiger partial charge in [-0.25, -0.2) is 4.99 Å². The first-order valence-corrected chi connectivity index (χ1v) is 5.62. The van der Waals surface area contributed by atoms with E-state index in [2.05, 4.69) is 21.4 Å². The van der Waals surface area contributed by atoms with E-state index in [1.807, 2.05) is 6.07 Å². The van der Waals surface area contributed by atoms with Crippen molar-refractivity contribution >= 4 is 12.1 Å². The van der Waals surface area contributed by atoms with Gasteiger partial charge < -0.3 is 10.1 Å². The molecule has 1 aliphatic heterocycles. The summed E-state index contributed by atoms with van der Waals surface area (Å²) in [5.74, 6) is 0.599. The maximum atomic E-state index is 4.76. The van der Waals surface area contributed by atoms with Crippen LogP contribution in [0.4, 0.5) is 5.69 Å². The fourth-order valence-electron chi connectivity index (χ4n) is 1.95. The zero-order valence-corrected chi connectivity index (χ0v) is 9.52. The second kappa shape index (κ2) is 5.61. The Bertz CT molecular complexity index is 342. The van der Waals surface area contributed by atoms with Crippen LogP contribution in [0.3, 0.4) is 0 Å². The lowest BCUT2D eigenvalue weighted by Crippen LogP contribution is -2.26. The Morgan fingerprint density at radius 1 is 1.44 bits per heavy atom. The van der Waals surface area contributed by atoms with Gasteiger partial charge in [0.2, 0.25) is 0 Å². The van der Waals surface area contributed by atoms with Crippen LogP contribution in [0.1, 0.15) is 24.5 Å². The molecule has 16 heavy (non-hydrogen) atoms. The average Bonchev–Trinajstić information content (AvgIpc) is 2.38. The van der Waals surface area contributed by atoms with Crippen molar-refractivity contribution in [2.24, 2.45) is 4.99 Å². The number of nitrogens with zero attached hydrogens (tertiary/aromatic N) is 2. The van der Waals surface area contributed by atoms with Gasteiger partial charge in [-0.15, -0.1) is 0 Å². The SMILES string of the molecule is COC=Nc1ccc(C2CCNCC2)nc1. The van der Waals surface area contributed by atoms with E-state index in [0.717, 1.165) is 18.8 Å². The molecular weight excluding hydrogens is 202 g/mol. The zero-order chi connectivity index (χ0) is 11.2. The van der Waals surface area contributed by atoms with Crippen molar-refractivity contribution < 1.29 is 4.74 Å². The topological polar surface area (TPSA) is 46.5 Å². The number of rotatable bonds is 3. The molecule has 2 heterocycles. The lowest BCUT2D eigenvalue weighted by atomic mass is 9.94. The van der Waals surface area contributed by atoms with Crippen LogP contribution in [0.25, 0.3) is 0 Å². The Morgan fingerprint density at radius 2 is 2.25 bits per heavy atom. The molecule has 1 aliphatic rings. The van der Waals surface area contributed by atoms with E-state index in [1.54, 1.807) is 13.3 Å². The number of hydrogen-bond acceptors (Lipinski definition) is 4. The van der Waals surface area contributed by atoms with Gasteiger partial charge in [0, 0.05) is 11.6 Å². The number of pyridine rings is 1. The molecule has 0 bridgehead atoms. The van der Waals surface area contributed by atoms with E-state index in [1.165, 1.54) is 24.9 Å². The molecule has 1 N–H and O–H groups in total. The molecule has 1 aromatic rings. The molecule has 86 valence electrons. The van der Waals surface area contributed by atoms with E-state index in [4.69, 9.17) is 4.74 Å². The van der Waals surface area contributed by atoms with Crippen LogP contribution in [-0.4, -0.2) is 31.6 Å². The lowest BCUT2D eigenvalue weighted by Gasteiger charge is -2.21. The van der Waals surface area contributed by atoms with Crippen molar-refractivity contribution in [2.75, 3.05) is 20.2 Å². The highest BCUT2D eigenvalue weighted by Gasteiger charge is 2.15. The Hall–Kier alpha value is -1.42. The van der Waals surface area contributed by atoms with Crippen LogP contribution < -0.4 is 5.32 Å². The molecule has 4 nitrogen and oxygen atoms in total. The fraction of sp³-hybridized carbons (Fsp3) is 0.500. The molecule has 0 aliphatic carbocycles. The predicted octanol–water partition coefficient (Wildman–Crippen LogP) is 1.85. The third-order valence-corrected chi connectivity index (χ3v) is 2.84. The van der Waals surface area contributed by atoms with Gasteiger partial charge in [0.1, 0.15) is 0 Å². The van der Waals surface area contributed by atoms with Gasteiger partial charge >= 0.3 is 0 Å². The zero-order valence-electron chi connectivity index (χ0n) is 9.52. The molecule has 1 fully saturated rings. The smallest absolute Gasteiger partial charge is 0.174 e. The maximum absolute atomic E-state index is 4.76. The second-order valence-electron chi connectivity index (χ2n) is 3.94. The van der Waals surface area contributed by atoms with E-state index in [9.17, 15) is 0 Å². The van der Waals surface area contributed by atoms with Crippen LogP contribution in [0.15, 0.2) is 23.3 Å². The van der Waals surface area contributed by atoms with Crippen LogP contribution in [0, 0.1) is 0 Å². The third-order valence-electron chi connectivity index (χ3n) is 2.84. The first-order valence-electron chi connectivity index (χ1n) is 5.62. The van der Waals surface area contributed by atoms with Crippen molar-refractivity contribution in [3.05, 3.63) is 24.0 Å². The van der Waals surface area contributed by atoms with Crippen molar-refractivity contribution in [2.45, 2.75) is 18.8 Å². The quantitative estimate of drug-likeness (QED) is 0.623. The summed E-state index contributed by atoms with van der Waals surface area (Å²) in [7, 11) is 1.58. The minimum Gasteiger partial charge on any atom is -0.486 e. The summed E-state index contributed by atoms with van der Waals surface area (Å²) in [5, 5.41) is 3.36. The highest BCUT2D eigenvalue weighted by Crippen LogP contribution is 2.24. The molecule has 0 saturated carbocycles. The van der Waals surface area contributed by atoms with Gasteiger partial charge in [0.25, 0.3) is 0 Å². The molecule has 0 unspecified atom stereocenters. The molecule has 0 spiro atoms. The summed E-state index contributed by atoms with van der Waals surface area (Å²) < 4.78 is 4.76. The predicted molar refractivity (Wildman–Crippen MR) is 64.2 cm³/mol. The molecule has 1 aromatic heterocycles. The molecule has 0 amide bonds. The second-order valence-corrected chi connectivity index (χ2v) is 3.94. The van der Waals surface area contributed by atoms with Gasteiger partial charge in [0.15, 0.2) is 6.40 Å². The standard InChI is InChI=1S/C12H17N3O/c1-16-9-15-11-2-3-12(14-8-11)10-4-6-13-7-5-10/h2-3,8-10,13H,4-7H2,1H3. The molecule has 0 atom stereocenters. The highest BCUT2D eigenvalue weighted by atomic mass is 16.5. The maximum Gasteiger partial charge on any atom is 0.174 e. The van der Waals surface area contributed by atoms with E-state index < -0.39 is 0 Å². The van der Waals surface area contributed by atoms with Crippen molar-refractivity contribution in [1.82, 2.24) is 10.3 Å². The summed E-state index contributed by atoms with van der Waals surface area (Å²) in [6.07, 6.45) is 5.56. The summed E-state index contributed by atoms with van der Waals surface area (Å²) in [6.45, 7) is 2.19. The van der Waals surface area contributed by atoms with E-state index in [0.29, 0.717) is 5.92 Å². The molecule has 4 heteroatoms. The minimum atomic E-state index is 0.599. The molecule has 0 radical (unpaired) electrons. The van der Waals surface area contributed by atoms with Crippen molar-refractivity contribution in [1.29, 1.82) is 0 Å². The lowest BCUT2D eigenvalue weighted by molar-refractivity contribution is 0.423. The summed E-state index contributed by atoms with van der Waals surface area (Å²) in [4.78, 5) is 8.55. The van der Waals surface area contributed by atoms with Crippen LogP contribution >= 0.6 is 0 Å². The van der Waals surface area contributed by atoms with Crippen molar-refractivity contribution in [3.8, 4) is 0 Å². The molecular formula is C12H17N3O. The first kappa shape index (κ1) is 11.1. The van der Waals surface area contributed by atoms with Gasteiger partial charge in [0.05, 0.1) is 19.0 Å². The number of hydrogen-bond donors (Lipinski definition) is 1. The van der Waals surface area contributed by atoms with Crippen molar-refractivity contribution in [3.63, 3.8) is 0 Å². The Balaban J connectivity index is 2.03. The highest BCUT2D eigenvalue weighted by molar-refractivity contribution is 5.54. The Labute approximate surface area is 95.8 Å². The Morgan fingerprint density at radius 3 is 2.88 bits per heavy atom. The van der Waals surface area contributed by atoms with Gasteiger partial charge in [-0.05, 0) is 38.1 Å². The number of methoxy groups -OCH3 is 1. The number of aromatic nitrogens is 1. The van der Waals surface area contributed by atoms with Gasteiger partial charge in [-0.1, -0.05) is 0 Å². The summed E-state index contributed by atoms with van der Waals surface area (Å²) in [6, 6.07) is 4.05. The van der Waals surface area contributed by atoms with E-state index >= 15 is 0 Å². The van der Waals surface area contributed by atoms with Crippen LogP contribution in [-0.2, 0) is 4.74 Å². The van der Waals surface area contributed by atoms with Gasteiger partial charge in [-0.3, -0.25) is 4.98 Å². The van der Waals surface area contributed by atoms with Crippen LogP contribution in [0.2, 0.25) is 0 Å². The third kappa shape index (κ3) is 2.79. The monoisotopic (exact) mass is 219 g/mol. The average molecular weight is 219 g/mol. The molecule has 0 aromatic carbocycles. The number of piperidine rings is 1. The summed E-state index contributed by atoms with van der Waals surface area (Å²) >= 11 is 0. The van der Waals surface area contributed by atoms with Gasteiger partial charge in [-0.2, -0.15) is 0 Å². The summed E-state index contributed by atoms with van der Waals surface area (Å²) in [5.41, 5.74) is 2.01. The normalized spacial score (nSPS) is 17.8. The fourth-order valence-corrected chi connectivity index (χ4v) is 1.95. The number of ether oxygens (including phenoxy) is 1. The van der Waals surface area contributed by atoms with E-state index in [-0.39, 0.29) is 0 Å². The molecule has 2 rings (SSSR count). The Kier molecular flexibility index (Phi) is 3.88. The number of nitrogens with one attached hydrogen (secondary N) is 1. The largest absolute Gasteiger partial charge is 0.486 e. The molecule has 1 saturated heterocycles.